The van der Waals surface area contributed by atoms with Gasteiger partial charge in [-0.3, -0.25) is 4.90 Å². The van der Waals surface area contributed by atoms with Crippen LogP contribution in [0.1, 0.15) is 38.4 Å². The number of nitrogens with one attached hydrogen (secondary N) is 1. The SMILES string of the molecule is CCCCn1nnnc1CN(CCOC)CC1CCCN1. The highest BCUT2D eigenvalue weighted by atomic mass is 16.5. The van der Waals surface area contributed by atoms with Crippen LogP contribution in [0.15, 0.2) is 0 Å². The fourth-order valence-electron chi connectivity index (χ4n) is 2.70. The van der Waals surface area contributed by atoms with Gasteiger partial charge in [-0.2, -0.15) is 0 Å². The van der Waals surface area contributed by atoms with Gasteiger partial charge >= 0.3 is 0 Å². The van der Waals surface area contributed by atoms with E-state index in [0.29, 0.717) is 6.04 Å². The van der Waals surface area contributed by atoms with E-state index in [1.807, 2.05) is 4.68 Å². The minimum absolute atomic E-state index is 0.585. The first-order valence-corrected chi connectivity index (χ1v) is 8.03. The molecule has 7 heteroatoms. The Morgan fingerprint density at radius 1 is 1.48 bits per heavy atom. The van der Waals surface area contributed by atoms with E-state index in [0.717, 1.165) is 58.0 Å². The normalized spacial score (nSPS) is 18.7. The highest BCUT2D eigenvalue weighted by Gasteiger charge is 2.19. The third-order valence-corrected chi connectivity index (χ3v) is 3.95. The van der Waals surface area contributed by atoms with E-state index >= 15 is 0 Å². The molecule has 0 aliphatic carbocycles. The van der Waals surface area contributed by atoms with Gasteiger partial charge in [0.1, 0.15) is 0 Å². The van der Waals surface area contributed by atoms with Gasteiger partial charge in [-0.15, -0.1) is 5.10 Å². The van der Waals surface area contributed by atoms with Crippen molar-refractivity contribution in [1.82, 2.24) is 30.4 Å². The minimum Gasteiger partial charge on any atom is -0.383 e. The summed E-state index contributed by atoms with van der Waals surface area (Å²) >= 11 is 0. The monoisotopic (exact) mass is 296 g/mol. The van der Waals surface area contributed by atoms with Crippen LogP contribution in [0.4, 0.5) is 0 Å². The van der Waals surface area contributed by atoms with Crippen LogP contribution in [0.2, 0.25) is 0 Å². The van der Waals surface area contributed by atoms with Crippen molar-refractivity contribution in [1.29, 1.82) is 0 Å². The number of unbranched alkanes of at least 4 members (excludes halogenated alkanes) is 1. The lowest BCUT2D eigenvalue weighted by Gasteiger charge is -2.24. The van der Waals surface area contributed by atoms with Crippen LogP contribution < -0.4 is 5.32 Å². The number of tetrazole rings is 1. The van der Waals surface area contributed by atoms with E-state index in [4.69, 9.17) is 4.74 Å². The number of hydrogen-bond donors (Lipinski definition) is 1. The van der Waals surface area contributed by atoms with E-state index in [1.165, 1.54) is 12.8 Å². The van der Waals surface area contributed by atoms with Crippen LogP contribution in [0.5, 0.6) is 0 Å². The summed E-state index contributed by atoms with van der Waals surface area (Å²) in [6.07, 6.45) is 4.79. The summed E-state index contributed by atoms with van der Waals surface area (Å²) in [7, 11) is 1.75. The van der Waals surface area contributed by atoms with E-state index < -0.39 is 0 Å². The van der Waals surface area contributed by atoms with Gasteiger partial charge < -0.3 is 10.1 Å². The predicted molar refractivity (Wildman–Crippen MR) is 80.9 cm³/mol. The van der Waals surface area contributed by atoms with Gasteiger partial charge in [0, 0.05) is 32.8 Å². The average Bonchev–Trinajstić information content (AvgIpc) is 3.14. The Kier molecular flexibility index (Phi) is 7.05. The van der Waals surface area contributed by atoms with Gasteiger partial charge in [0.25, 0.3) is 0 Å². The molecular weight excluding hydrogens is 268 g/mol. The second-order valence-electron chi connectivity index (χ2n) is 5.69. The van der Waals surface area contributed by atoms with Crippen molar-refractivity contribution in [3.63, 3.8) is 0 Å². The zero-order valence-corrected chi connectivity index (χ0v) is 13.3. The zero-order valence-electron chi connectivity index (χ0n) is 13.3. The minimum atomic E-state index is 0.585. The second-order valence-corrected chi connectivity index (χ2v) is 5.69. The Morgan fingerprint density at radius 2 is 2.38 bits per heavy atom. The lowest BCUT2D eigenvalue weighted by molar-refractivity contribution is 0.135. The summed E-state index contributed by atoms with van der Waals surface area (Å²) in [5.41, 5.74) is 0. The molecule has 0 amide bonds. The lowest BCUT2D eigenvalue weighted by atomic mass is 10.2. The van der Waals surface area contributed by atoms with Crippen LogP contribution in [-0.4, -0.2) is 64.5 Å². The van der Waals surface area contributed by atoms with Crippen LogP contribution in [0.3, 0.4) is 0 Å². The van der Waals surface area contributed by atoms with Crippen molar-refractivity contribution in [2.75, 3.05) is 33.4 Å². The highest BCUT2D eigenvalue weighted by molar-refractivity contribution is 4.84. The van der Waals surface area contributed by atoms with Crippen molar-refractivity contribution in [3.05, 3.63) is 5.82 Å². The van der Waals surface area contributed by atoms with Gasteiger partial charge in [-0.25, -0.2) is 4.68 Å². The Hall–Kier alpha value is -1.05. The van der Waals surface area contributed by atoms with Crippen molar-refractivity contribution in [2.24, 2.45) is 0 Å². The fraction of sp³-hybridized carbons (Fsp3) is 0.929. The predicted octanol–water partition coefficient (Wildman–Crippen LogP) is 0.674. The third-order valence-electron chi connectivity index (χ3n) is 3.95. The van der Waals surface area contributed by atoms with Crippen molar-refractivity contribution < 1.29 is 4.74 Å². The number of rotatable bonds is 10. The quantitative estimate of drug-likeness (QED) is 0.684. The summed E-state index contributed by atoms with van der Waals surface area (Å²) in [6, 6.07) is 0.585. The first-order valence-electron chi connectivity index (χ1n) is 8.03. The maximum atomic E-state index is 5.23. The Bertz CT molecular complexity index is 391. The Morgan fingerprint density at radius 3 is 3.10 bits per heavy atom. The summed E-state index contributed by atoms with van der Waals surface area (Å²) in [5, 5.41) is 15.7. The molecule has 0 aromatic carbocycles. The molecule has 0 bridgehead atoms. The van der Waals surface area contributed by atoms with Gasteiger partial charge in [0.05, 0.1) is 13.2 Å². The number of methoxy groups -OCH3 is 1. The Labute approximate surface area is 127 Å². The van der Waals surface area contributed by atoms with Crippen LogP contribution in [-0.2, 0) is 17.8 Å². The topological polar surface area (TPSA) is 68.1 Å². The standard InChI is InChI=1S/C14H28N6O/c1-3-4-8-20-14(16-17-18-20)12-19(9-10-21-2)11-13-6-5-7-15-13/h13,15H,3-12H2,1-2H3. The number of ether oxygens (including phenoxy) is 1. The number of hydrogen-bond acceptors (Lipinski definition) is 6. The van der Waals surface area contributed by atoms with E-state index in [1.54, 1.807) is 7.11 Å². The highest BCUT2D eigenvalue weighted by Crippen LogP contribution is 2.09. The molecule has 1 aliphatic rings. The molecule has 21 heavy (non-hydrogen) atoms. The molecule has 1 aromatic heterocycles. The van der Waals surface area contributed by atoms with Crippen molar-refractivity contribution in [2.45, 2.75) is 51.7 Å². The maximum absolute atomic E-state index is 5.23. The van der Waals surface area contributed by atoms with Crippen LogP contribution in [0.25, 0.3) is 0 Å². The van der Waals surface area contributed by atoms with Crippen LogP contribution in [0, 0.1) is 0 Å². The molecule has 1 N–H and O–H groups in total. The maximum Gasteiger partial charge on any atom is 0.165 e. The van der Waals surface area contributed by atoms with Gasteiger partial charge in [0.15, 0.2) is 5.82 Å². The first kappa shape index (κ1) is 16.3. The molecule has 0 radical (unpaired) electrons. The summed E-state index contributed by atoms with van der Waals surface area (Å²) < 4.78 is 7.17. The van der Waals surface area contributed by atoms with E-state index in [9.17, 15) is 0 Å². The summed E-state index contributed by atoms with van der Waals surface area (Å²) in [4.78, 5) is 2.39. The number of aryl methyl sites for hydroxylation is 1. The van der Waals surface area contributed by atoms with Gasteiger partial charge in [-0.05, 0) is 36.2 Å². The van der Waals surface area contributed by atoms with Crippen molar-refractivity contribution in [3.8, 4) is 0 Å². The van der Waals surface area contributed by atoms with Crippen molar-refractivity contribution >= 4 is 0 Å². The average molecular weight is 296 g/mol. The molecule has 120 valence electrons. The molecule has 1 fully saturated rings. The zero-order chi connectivity index (χ0) is 14.9. The molecule has 1 aliphatic heterocycles. The Balaban J connectivity index is 1.91. The molecule has 2 heterocycles. The fourth-order valence-corrected chi connectivity index (χ4v) is 2.70. The lowest BCUT2D eigenvalue weighted by Crippen LogP contribution is -2.39. The molecule has 1 unspecified atom stereocenters. The largest absolute Gasteiger partial charge is 0.383 e. The number of nitrogens with zero attached hydrogens (tertiary/aromatic N) is 5. The van der Waals surface area contributed by atoms with Gasteiger partial charge in [0.2, 0.25) is 0 Å². The van der Waals surface area contributed by atoms with Gasteiger partial charge in [-0.1, -0.05) is 13.3 Å². The summed E-state index contributed by atoms with van der Waals surface area (Å²) in [5.74, 6) is 0.956. The molecule has 7 nitrogen and oxygen atoms in total. The molecule has 1 saturated heterocycles. The molecular formula is C14H28N6O. The summed E-state index contributed by atoms with van der Waals surface area (Å²) in [6.45, 7) is 7.69. The molecule has 1 atom stereocenters. The third kappa shape index (κ3) is 5.33. The molecule has 2 rings (SSSR count). The molecule has 0 saturated carbocycles. The van der Waals surface area contributed by atoms with E-state index in [-0.39, 0.29) is 0 Å². The molecule has 1 aromatic rings. The number of aromatic nitrogens is 4. The molecule has 0 spiro atoms. The second kappa shape index (κ2) is 9.07. The van der Waals surface area contributed by atoms with E-state index in [2.05, 4.69) is 32.7 Å². The smallest absolute Gasteiger partial charge is 0.165 e. The first-order chi connectivity index (χ1) is 10.3. The van der Waals surface area contributed by atoms with Crippen LogP contribution >= 0.6 is 0 Å².